The molecule has 0 saturated carbocycles. The average molecular weight is 433 g/mol. The molecule has 1 amide bonds. The summed E-state index contributed by atoms with van der Waals surface area (Å²) in [6.45, 7) is 8.57. The smallest absolute Gasteiger partial charge is 0.275 e. The molecule has 4 rings (SSSR count). The molecule has 0 saturated heterocycles. The fraction of sp³-hybridized carbons (Fsp3) is 0.250. The lowest BCUT2D eigenvalue weighted by molar-refractivity contribution is 0.0950. The van der Waals surface area contributed by atoms with Gasteiger partial charge >= 0.3 is 0 Å². The summed E-state index contributed by atoms with van der Waals surface area (Å²) in [5, 5.41) is 8.01. The van der Waals surface area contributed by atoms with Crippen molar-refractivity contribution in [2.75, 3.05) is 0 Å². The van der Waals surface area contributed by atoms with Gasteiger partial charge in [-0.2, -0.15) is 9.61 Å². The fourth-order valence-corrected chi connectivity index (χ4v) is 4.28. The number of rotatable bonds is 4. The van der Waals surface area contributed by atoms with Gasteiger partial charge in [-0.25, -0.2) is 4.98 Å². The molecule has 2 heterocycles. The van der Waals surface area contributed by atoms with Gasteiger partial charge in [0.05, 0.1) is 12.2 Å². The summed E-state index contributed by atoms with van der Waals surface area (Å²) in [5.74, 6) is -0.202. The summed E-state index contributed by atoms with van der Waals surface area (Å²) in [7, 11) is 0. The minimum atomic E-state index is -0.264. The van der Waals surface area contributed by atoms with E-state index in [4.69, 9.17) is 0 Å². The van der Waals surface area contributed by atoms with Gasteiger partial charge < -0.3 is 5.32 Å². The van der Waals surface area contributed by atoms with E-state index in [0.29, 0.717) is 16.2 Å². The molecule has 0 aliphatic rings. The van der Waals surface area contributed by atoms with Gasteiger partial charge in [0.15, 0.2) is 0 Å². The minimum absolute atomic E-state index is 0.0302. The van der Waals surface area contributed by atoms with Gasteiger partial charge in [-0.15, -0.1) is 0 Å². The largest absolute Gasteiger partial charge is 0.346 e. The van der Waals surface area contributed by atoms with Crippen LogP contribution < -0.4 is 10.9 Å². The first-order chi connectivity index (χ1) is 14.7. The lowest BCUT2D eigenvalue weighted by Gasteiger charge is -2.19. The second kappa shape index (κ2) is 8.07. The zero-order valence-corrected chi connectivity index (χ0v) is 18.8. The number of hydrogen-bond donors (Lipinski definition) is 1. The maximum absolute atomic E-state index is 12.5. The van der Waals surface area contributed by atoms with Gasteiger partial charge in [0.25, 0.3) is 11.5 Å². The first-order valence-electron chi connectivity index (χ1n) is 10.1. The van der Waals surface area contributed by atoms with Crippen LogP contribution in [0.5, 0.6) is 0 Å². The van der Waals surface area contributed by atoms with Gasteiger partial charge in [-0.1, -0.05) is 68.5 Å². The predicted molar refractivity (Wildman–Crippen MR) is 124 cm³/mol. The Kier molecular flexibility index (Phi) is 5.45. The van der Waals surface area contributed by atoms with Crippen molar-refractivity contribution in [3.63, 3.8) is 0 Å². The van der Waals surface area contributed by atoms with Crippen molar-refractivity contribution in [3.05, 3.63) is 87.3 Å². The number of nitrogens with zero attached hydrogens (tertiary/aromatic N) is 3. The van der Waals surface area contributed by atoms with Crippen molar-refractivity contribution >= 4 is 22.2 Å². The van der Waals surface area contributed by atoms with Crippen LogP contribution in [0.3, 0.4) is 0 Å². The number of aromatic nitrogens is 3. The summed E-state index contributed by atoms with van der Waals surface area (Å²) >= 11 is 1.36. The van der Waals surface area contributed by atoms with E-state index < -0.39 is 0 Å². The van der Waals surface area contributed by atoms with Crippen LogP contribution in [-0.2, 0) is 12.0 Å². The van der Waals surface area contributed by atoms with Crippen molar-refractivity contribution in [1.29, 1.82) is 0 Å². The van der Waals surface area contributed by atoms with Gasteiger partial charge in [0, 0.05) is 17.2 Å². The first-order valence-corrected chi connectivity index (χ1v) is 10.9. The van der Waals surface area contributed by atoms with Crippen LogP contribution in [0.4, 0.5) is 0 Å². The number of hydrogen-bond acceptors (Lipinski definition) is 5. The third-order valence-electron chi connectivity index (χ3n) is 5.12. The molecular weight excluding hydrogens is 408 g/mol. The molecule has 7 heteroatoms. The second-order valence-electron chi connectivity index (χ2n) is 8.51. The fourth-order valence-electron chi connectivity index (χ4n) is 3.26. The molecule has 0 aliphatic carbocycles. The molecule has 31 heavy (non-hydrogen) atoms. The number of nitrogens with one attached hydrogen (secondary N) is 1. The van der Waals surface area contributed by atoms with Crippen molar-refractivity contribution in [3.8, 4) is 10.6 Å². The summed E-state index contributed by atoms with van der Waals surface area (Å²) in [6.07, 6.45) is 0. The van der Waals surface area contributed by atoms with Gasteiger partial charge in [0.2, 0.25) is 4.96 Å². The SMILES string of the molecule is Cc1ccccc1-c1nn2c(=O)cc(CNC(=O)c3ccc(C(C)(C)C)cc3)nc2s1. The van der Waals surface area contributed by atoms with Crippen molar-refractivity contribution in [1.82, 2.24) is 19.9 Å². The average Bonchev–Trinajstić information content (AvgIpc) is 3.16. The number of fused-ring (bicyclic) bond motifs is 1. The number of benzene rings is 2. The molecule has 0 fully saturated rings. The maximum atomic E-state index is 12.5. The minimum Gasteiger partial charge on any atom is -0.346 e. The summed E-state index contributed by atoms with van der Waals surface area (Å²) in [4.78, 5) is 30.1. The molecule has 0 bridgehead atoms. The van der Waals surface area contributed by atoms with Gasteiger partial charge in [0.1, 0.15) is 5.01 Å². The van der Waals surface area contributed by atoms with E-state index in [1.165, 1.54) is 27.5 Å². The molecule has 0 aliphatic heterocycles. The van der Waals surface area contributed by atoms with Crippen molar-refractivity contribution < 1.29 is 4.79 Å². The van der Waals surface area contributed by atoms with E-state index in [2.05, 4.69) is 36.2 Å². The molecule has 4 aromatic rings. The number of carbonyl (C=O) groups excluding carboxylic acids is 1. The Bertz CT molecular complexity index is 1310. The molecule has 2 aromatic heterocycles. The maximum Gasteiger partial charge on any atom is 0.275 e. The molecule has 6 nitrogen and oxygen atoms in total. The highest BCUT2D eigenvalue weighted by Gasteiger charge is 2.15. The summed E-state index contributed by atoms with van der Waals surface area (Å²) in [5.41, 5.74) is 4.07. The highest BCUT2D eigenvalue weighted by Crippen LogP contribution is 2.27. The predicted octanol–water partition coefficient (Wildman–Crippen LogP) is 4.35. The third kappa shape index (κ3) is 4.41. The highest BCUT2D eigenvalue weighted by atomic mass is 32.1. The zero-order chi connectivity index (χ0) is 22.2. The zero-order valence-electron chi connectivity index (χ0n) is 18.0. The van der Waals surface area contributed by atoms with E-state index in [0.717, 1.165) is 16.1 Å². The Morgan fingerprint density at radius 1 is 1.10 bits per heavy atom. The molecular formula is C24H24N4O2S. The molecule has 2 aromatic carbocycles. The first kappa shape index (κ1) is 20.9. The Balaban J connectivity index is 1.53. The van der Waals surface area contributed by atoms with E-state index in [-0.39, 0.29) is 23.4 Å². The lowest BCUT2D eigenvalue weighted by atomic mass is 9.87. The molecule has 0 radical (unpaired) electrons. The number of carbonyl (C=O) groups is 1. The van der Waals surface area contributed by atoms with Crippen LogP contribution in [-0.4, -0.2) is 20.5 Å². The molecule has 158 valence electrons. The normalized spacial score (nSPS) is 11.6. The van der Waals surface area contributed by atoms with Crippen LogP contribution in [0.15, 0.2) is 59.4 Å². The summed E-state index contributed by atoms with van der Waals surface area (Å²) < 4.78 is 1.31. The van der Waals surface area contributed by atoms with E-state index in [1.807, 2.05) is 55.5 Å². The van der Waals surface area contributed by atoms with Crippen LogP contribution >= 0.6 is 11.3 Å². The Labute approximate surface area is 184 Å². The Hall–Kier alpha value is -3.32. The monoisotopic (exact) mass is 432 g/mol. The quantitative estimate of drug-likeness (QED) is 0.520. The second-order valence-corrected chi connectivity index (χ2v) is 9.47. The molecule has 0 atom stereocenters. The van der Waals surface area contributed by atoms with E-state index >= 15 is 0 Å². The van der Waals surface area contributed by atoms with E-state index in [9.17, 15) is 9.59 Å². The van der Waals surface area contributed by atoms with Crippen LogP contribution in [0.1, 0.15) is 48.0 Å². The molecule has 0 unspecified atom stereocenters. The topological polar surface area (TPSA) is 76.4 Å². The molecule has 0 spiro atoms. The van der Waals surface area contributed by atoms with Gasteiger partial charge in [-0.3, -0.25) is 9.59 Å². The highest BCUT2D eigenvalue weighted by molar-refractivity contribution is 7.19. The number of amides is 1. The van der Waals surface area contributed by atoms with Crippen molar-refractivity contribution in [2.24, 2.45) is 0 Å². The summed E-state index contributed by atoms with van der Waals surface area (Å²) in [6, 6.07) is 16.9. The Morgan fingerprint density at radius 2 is 1.81 bits per heavy atom. The van der Waals surface area contributed by atoms with Crippen LogP contribution in [0, 0.1) is 6.92 Å². The van der Waals surface area contributed by atoms with Crippen LogP contribution in [0.25, 0.3) is 15.5 Å². The Morgan fingerprint density at radius 3 is 2.48 bits per heavy atom. The van der Waals surface area contributed by atoms with Crippen molar-refractivity contribution in [2.45, 2.75) is 39.7 Å². The van der Waals surface area contributed by atoms with E-state index in [1.54, 1.807) is 0 Å². The van der Waals surface area contributed by atoms with Gasteiger partial charge in [-0.05, 0) is 35.6 Å². The third-order valence-corrected chi connectivity index (χ3v) is 6.06. The lowest BCUT2D eigenvalue weighted by Crippen LogP contribution is -2.25. The molecule has 1 N–H and O–H groups in total. The number of aryl methyl sites for hydroxylation is 1. The standard InChI is InChI=1S/C24H24N4O2S/c1-15-7-5-6-8-19(15)22-27-28-20(29)13-18(26-23(28)31-22)14-25-21(30)16-9-11-17(12-10-16)24(2,3)4/h5-13H,14H2,1-4H3,(H,25,30). The van der Waals surface area contributed by atoms with Crippen LogP contribution in [0.2, 0.25) is 0 Å².